The lowest BCUT2D eigenvalue weighted by Crippen LogP contribution is -2.31. The molecule has 2 aromatic rings. The van der Waals surface area contributed by atoms with E-state index in [0.717, 1.165) is 17.0 Å². The first kappa shape index (κ1) is 16.1. The van der Waals surface area contributed by atoms with Gasteiger partial charge in [0.2, 0.25) is 5.82 Å². The summed E-state index contributed by atoms with van der Waals surface area (Å²) in [5, 5.41) is 15.5. The highest BCUT2D eigenvalue weighted by Crippen LogP contribution is 2.26. The normalized spacial score (nSPS) is 12.2. The molecule has 0 aliphatic rings. The van der Waals surface area contributed by atoms with Crippen LogP contribution in [0.5, 0.6) is 0 Å². The largest absolute Gasteiger partial charge is 0.344 e. The first-order valence-electron chi connectivity index (χ1n) is 6.68. The van der Waals surface area contributed by atoms with Gasteiger partial charge in [0.1, 0.15) is 0 Å². The van der Waals surface area contributed by atoms with Crippen LogP contribution in [0, 0.1) is 21.8 Å². The average molecular weight is 322 g/mol. The summed E-state index contributed by atoms with van der Waals surface area (Å²) in [5.41, 5.74) is -0.639. The molecule has 0 aliphatic heterocycles. The number of hydrogen-bond donors (Lipinski definition) is 1. The van der Waals surface area contributed by atoms with Crippen molar-refractivity contribution >= 4 is 22.9 Å². The van der Waals surface area contributed by atoms with E-state index < -0.39 is 22.3 Å². The number of halogens is 1. The highest BCUT2D eigenvalue weighted by molar-refractivity contribution is 7.10. The number of nitrogens with zero attached hydrogens (tertiary/aromatic N) is 1. The van der Waals surface area contributed by atoms with Gasteiger partial charge in [0, 0.05) is 16.5 Å². The number of hydrogen-bond acceptors (Lipinski definition) is 4. The third kappa shape index (κ3) is 3.48. The number of carbonyl (C=O) groups excluding carboxylic acids is 1. The lowest BCUT2D eigenvalue weighted by Gasteiger charge is -2.21. The van der Waals surface area contributed by atoms with Crippen molar-refractivity contribution in [2.75, 3.05) is 0 Å². The average Bonchev–Trinajstić information content (AvgIpc) is 2.98. The summed E-state index contributed by atoms with van der Waals surface area (Å²) >= 11 is 1.52. The van der Waals surface area contributed by atoms with Gasteiger partial charge in [-0.25, -0.2) is 0 Å². The van der Waals surface area contributed by atoms with E-state index in [1.165, 1.54) is 17.4 Å². The first-order chi connectivity index (χ1) is 10.4. The van der Waals surface area contributed by atoms with E-state index in [1.54, 1.807) is 0 Å². The van der Waals surface area contributed by atoms with Crippen molar-refractivity contribution in [3.8, 4) is 0 Å². The van der Waals surface area contributed by atoms with Crippen LogP contribution in [-0.2, 0) is 0 Å². The zero-order chi connectivity index (χ0) is 16.3. The molecule has 116 valence electrons. The fourth-order valence-electron chi connectivity index (χ4n) is 2.05. The van der Waals surface area contributed by atoms with E-state index in [0.29, 0.717) is 0 Å². The fourth-order valence-corrected chi connectivity index (χ4v) is 3.00. The fraction of sp³-hybridized carbons (Fsp3) is 0.267. The SMILES string of the molecule is CC(C)[C@H](NC(=O)c1ccc(F)c([N+](=O)[O-])c1)c1cccs1. The second-order valence-electron chi connectivity index (χ2n) is 5.13. The van der Waals surface area contributed by atoms with Crippen LogP contribution in [0.2, 0.25) is 0 Å². The van der Waals surface area contributed by atoms with E-state index >= 15 is 0 Å². The molecular formula is C15H15FN2O3S. The molecule has 0 radical (unpaired) electrons. The van der Waals surface area contributed by atoms with Crippen molar-refractivity contribution < 1.29 is 14.1 Å². The third-order valence-electron chi connectivity index (χ3n) is 3.21. The molecule has 1 atom stereocenters. The lowest BCUT2D eigenvalue weighted by molar-refractivity contribution is -0.387. The summed E-state index contributed by atoms with van der Waals surface area (Å²) < 4.78 is 13.3. The number of nitro benzene ring substituents is 1. The van der Waals surface area contributed by atoms with Gasteiger partial charge in [-0.15, -0.1) is 11.3 Å². The number of rotatable bonds is 5. The van der Waals surface area contributed by atoms with Gasteiger partial charge >= 0.3 is 5.69 Å². The van der Waals surface area contributed by atoms with E-state index in [9.17, 15) is 19.3 Å². The molecular weight excluding hydrogens is 307 g/mol. The molecule has 1 heterocycles. The molecule has 5 nitrogen and oxygen atoms in total. The Balaban J connectivity index is 2.24. The molecule has 22 heavy (non-hydrogen) atoms. The van der Waals surface area contributed by atoms with Gasteiger partial charge in [-0.2, -0.15) is 4.39 Å². The number of amides is 1. The number of nitro groups is 1. The van der Waals surface area contributed by atoms with Crippen LogP contribution in [0.4, 0.5) is 10.1 Å². The summed E-state index contributed by atoms with van der Waals surface area (Å²) in [6.07, 6.45) is 0. The second-order valence-corrected chi connectivity index (χ2v) is 6.11. The quantitative estimate of drug-likeness (QED) is 0.670. The number of carbonyl (C=O) groups is 1. The summed E-state index contributed by atoms with van der Waals surface area (Å²) in [6, 6.07) is 6.74. The number of benzene rings is 1. The molecule has 0 saturated carbocycles. The zero-order valence-electron chi connectivity index (χ0n) is 12.1. The molecule has 1 amide bonds. The van der Waals surface area contributed by atoms with Crippen LogP contribution >= 0.6 is 11.3 Å². The molecule has 1 aromatic heterocycles. The summed E-state index contributed by atoms with van der Waals surface area (Å²) in [6.45, 7) is 3.94. The van der Waals surface area contributed by atoms with Crippen LogP contribution < -0.4 is 5.32 Å². The van der Waals surface area contributed by atoms with Gasteiger partial charge in [-0.1, -0.05) is 19.9 Å². The smallest absolute Gasteiger partial charge is 0.305 e. The minimum atomic E-state index is -0.958. The van der Waals surface area contributed by atoms with Crippen molar-refractivity contribution in [2.45, 2.75) is 19.9 Å². The molecule has 1 N–H and O–H groups in total. The van der Waals surface area contributed by atoms with Crippen molar-refractivity contribution in [3.05, 3.63) is 62.1 Å². The second kappa shape index (κ2) is 6.65. The van der Waals surface area contributed by atoms with E-state index in [4.69, 9.17) is 0 Å². The maximum atomic E-state index is 13.3. The summed E-state index contributed by atoms with van der Waals surface area (Å²) in [7, 11) is 0. The standard InChI is InChI=1S/C15H15FN2O3S/c1-9(2)14(13-4-3-7-22-13)17-15(19)10-5-6-11(16)12(8-10)18(20)21/h3-9,14H,1-2H3,(H,17,19)/t14-/m0/s1. The van der Waals surface area contributed by atoms with Crippen molar-refractivity contribution in [1.29, 1.82) is 0 Å². The van der Waals surface area contributed by atoms with Crippen molar-refractivity contribution in [3.63, 3.8) is 0 Å². The molecule has 1 aromatic carbocycles. The van der Waals surface area contributed by atoms with Crippen LogP contribution in [-0.4, -0.2) is 10.8 Å². The predicted octanol–water partition coefficient (Wildman–Crippen LogP) is 3.92. The minimum absolute atomic E-state index is 0.0651. The monoisotopic (exact) mass is 322 g/mol. The highest BCUT2D eigenvalue weighted by atomic mass is 32.1. The van der Waals surface area contributed by atoms with E-state index in [-0.39, 0.29) is 17.5 Å². The van der Waals surface area contributed by atoms with Crippen LogP contribution in [0.15, 0.2) is 35.7 Å². The molecule has 0 spiro atoms. The van der Waals surface area contributed by atoms with Gasteiger partial charge in [0.05, 0.1) is 11.0 Å². The topological polar surface area (TPSA) is 72.2 Å². The van der Waals surface area contributed by atoms with Crippen LogP contribution in [0.1, 0.15) is 35.1 Å². The van der Waals surface area contributed by atoms with Crippen molar-refractivity contribution in [1.82, 2.24) is 5.32 Å². The Bertz CT molecular complexity index is 686. The first-order valence-corrected chi connectivity index (χ1v) is 7.56. The minimum Gasteiger partial charge on any atom is -0.344 e. The molecule has 0 aliphatic carbocycles. The lowest BCUT2D eigenvalue weighted by atomic mass is 10.0. The summed E-state index contributed by atoms with van der Waals surface area (Å²) in [5.74, 6) is -1.27. The van der Waals surface area contributed by atoms with Gasteiger partial charge in [-0.3, -0.25) is 14.9 Å². The maximum Gasteiger partial charge on any atom is 0.305 e. The molecule has 0 bridgehead atoms. The van der Waals surface area contributed by atoms with Gasteiger partial charge < -0.3 is 5.32 Å². The van der Waals surface area contributed by atoms with Gasteiger partial charge in [0.15, 0.2) is 0 Å². The summed E-state index contributed by atoms with van der Waals surface area (Å²) in [4.78, 5) is 23.2. The Morgan fingerprint density at radius 2 is 2.09 bits per heavy atom. The zero-order valence-corrected chi connectivity index (χ0v) is 12.9. The Morgan fingerprint density at radius 3 is 2.64 bits per heavy atom. The van der Waals surface area contributed by atoms with E-state index in [2.05, 4.69) is 5.32 Å². The van der Waals surface area contributed by atoms with E-state index in [1.807, 2.05) is 31.4 Å². The molecule has 0 unspecified atom stereocenters. The Morgan fingerprint density at radius 1 is 1.36 bits per heavy atom. The Labute approximate surface area is 130 Å². The van der Waals surface area contributed by atoms with Gasteiger partial charge in [-0.05, 0) is 29.5 Å². The third-order valence-corrected chi connectivity index (χ3v) is 4.16. The van der Waals surface area contributed by atoms with Crippen molar-refractivity contribution in [2.24, 2.45) is 5.92 Å². The highest BCUT2D eigenvalue weighted by Gasteiger charge is 2.22. The molecule has 2 rings (SSSR count). The van der Waals surface area contributed by atoms with Crippen LogP contribution in [0.25, 0.3) is 0 Å². The van der Waals surface area contributed by atoms with Crippen LogP contribution in [0.3, 0.4) is 0 Å². The molecule has 7 heteroatoms. The molecule has 0 fully saturated rings. The maximum absolute atomic E-state index is 13.3. The van der Waals surface area contributed by atoms with Gasteiger partial charge in [0.25, 0.3) is 5.91 Å². The Kier molecular flexibility index (Phi) is 4.87. The Hall–Kier alpha value is -2.28. The molecule has 0 saturated heterocycles. The number of thiophene rings is 1. The number of nitrogens with one attached hydrogen (secondary N) is 1. The predicted molar refractivity (Wildman–Crippen MR) is 82.4 cm³/mol.